The largest absolute Gasteiger partial charge is 0.444 e. The Balaban J connectivity index is 1.25. The number of ether oxygens (including phenoxy) is 1. The monoisotopic (exact) mass is 413 g/mol. The third-order valence-electron chi connectivity index (χ3n) is 6.71. The predicted octanol–water partition coefficient (Wildman–Crippen LogP) is 3.94. The second kappa shape index (κ2) is 8.22. The zero-order valence-corrected chi connectivity index (χ0v) is 18.6. The number of rotatable bonds is 5. The summed E-state index contributed by atoms with van der Waals surface area (Å²) in [5.41, 5.74) is 2.93. The average Bonchev–Trinajstić information content (AvgIpc) is 2.98. The van der Waals surface area contributed by atoms with Gasteiger partial charge in [0.2, 0.25) is 5.91 Å². The first kappa shape index (κ1) is 21.2. The molecule has 30 heavy (non-hydrogen) atoms. The van der Waals surface area contributed by atoms with E-state index in [9.17, 15) is 9.59 Å². The normalized spacial score (nSPS) is 23.8. The van der Waals surface area contributed by atoms with Crippen molar-refractivity contribution in [1.29, 1.82) is 0 Å². The highest BCUT2D eigenvalue weighted by Gasteiger charge is 2.48. The fourth-order valence-corrected chi connectivity index (χ4v) is 5.26. The summed E-state index contributed by atoms with van der Waals surface area (Å²) in [6, 6.07) is 6.30. The minimum Gasteiger partial charge on any atom is -0.444 e. The summed E-state index contributed by atoms with van der Waals surface area (Å²) in [5.74, 6) is 0.204. The van der Waals surface area contributed by atoms with Crippen molar-refractivity contribution in [3.8, 4) is 0 Å². The van der Waals surface area contributed by atoms with E-state index >= 15 is 0 Å². The lowest BCUT2D eigenvalue weighted by molar-refractivity contribution is -0.121. The topological polar surface area (TPSA) is 61.9 Å². The Morgan fingerprint density at radius 2 is 1.93 bits per heavy atom. The number of nitrogens with zero attached hydrogens (tertiary/aromatic N) is 2. The van der Waals surface area contributed by atoms with Crippen molar-refractivity contribution < 1.29 is 14.3 Å². The van der Waals surface area contributed by atoms with Crippen molar-refractivity contribution in [3.05, 3.63) is 29.3 Å². The number of hydrogen-bond donors (Lipinski definition) is 1. The van der Waals surface area contributed by atoms with Gasteiger partial charge in [-0.1, -0.05) is 18.6 Å². The van der Waals surface area contributed by atoms with E-state index < -0.39 is 5.60 Å². The SMILES string of the molecule is CC(C)(C)OC(=O)N1CCN(CCCCC23CCCc4cccc(c42)NC3=O)CC1. The molecule has 1 atom stereocenters. The van der Waals surface area contributed by atoms with Crippen LogP contribution < -0.4 is 5.32 Å². The summed E-state index contributed by atoms with van der Waals surface area (Å²) in [6.45, 7) is 9.94. The molecule has 1 unspecified atom stereocenters. The van der Waals surface area contributed by atoms with Crippen LogP contribution >= 0.6 is 0 Å². The number of aryl methyl sites for hydroxylation is 1. The number of hydrogen-bond acceptors (Lipinski definition) is 4. The first-order valence-electron chi connectivity index (χ1n) is 11.4. The lowest BCUT2D eigenvalue weighted by Crippen LogP contribution is -2.50. The Morgan fingerprint density at radius 1 is 1.17 bits per heavy atom. The van der Waals surface area contributed by atoms with E-state index in [-0.39, 0.29) is 17.4 Å². The van der Waals surface area contributed by atoms with Gasteiger partial charge in [0, 0.05) is 31.9 Å². The number of unbranched alkanes of at least 4 members (excludes halogenated alkanes) is 1. The van der Waals surface area contributed by atoms with Crippen molar-refractivity contribution in [2.45, 2.75) is 70.3 Å². The van der Waals surface area contributed by atoms with E-state index in [0.717, 1.165) is 76.9 Å². The second-order valence-corrected chi connectivity index (χ2v) is 10.00. The second-order valence-electron chi connectivity index (χ2n) is 10.00. The Bertz CT molecular complexity index is 808. The summed E-state index contributed by atoms with van der Waals surface area (Å²) in [6.07, 6.45) is 6.00. The van der Waals surface area contributed by atoms with Crippen LogP contribution in [0.3, 0.4) is 0 Å². The van der Waals surface area contributed by atoms with Gasteiger partial charge in [-0.3, -0.25) is 9.69 Å². The molecule has 1 aliphatic carbocycles. The molecule has 2 aliphatic heterocycles. The van der Waals surface area contributed by atoms with Gasteiger partial charge in [-0.15, -0.1) is 0 Å². The molecule has 0 spiro atoms. The van der Waals surface area contributed by atoms with Crippen LogP contribution in [-0.2, 0) is 21.4 Å². The summed E-state index contributed by atoms with van der Waals surface area (Å²) in [4.78, 5) is 29.3. The van der Waals surface area contributed by atoms with Crippen LogP contribution in [0.2, 0.25) is 0 Å². The van der Waals surface area contributed by atoms with E-state index in [0.29, 0.717) is 0 Å². The summed E-state index contributed by atoms with van der Waals surface area (Å²) < 4.78 is 5.48. The van der Waals surface area contributed by atoms with Gasteiger partial charge in [0.25, 0.3) is 0 Å². The summed E-state index contributed by atoms with van der Waals surface area (Å²) in [7, 11) is 0. The number of amides is 2. The first-order valence-corrected chi connectivity index (χ1v) is 11.4. The maximum atomic E-state index is 12.9. The fraction of sp³-hybridized carbons (Fsp3) is 0.667. The van der Waals surface area contributed by atoms with Crippen LogP contribution in [0.4, 0.5) is 10.5 Å². The van der Waals surface area contributed by atoms with Crippen LogP contribution in [-0.4, -0.2) is 60.1 Å². The predicted molar refractivity (Wildman–Crippen MR) is 118 cm³/mol. The molecule has 1 N–H and O–H groups in total. The van der Waals surface area contributed by atoms with Crippen LogP contribution in [0.1, 0.15) is 64.0 Å². The first-order chi connectivity index (χ1) is 14.3. The minimum absolute atomic E-state index is 0.204. The highest BCUT2D eigenvalue weighted by molar-refractivity contribution is 6.07. The van der Waals surface area contributed by atoms with Gasteiger partial charge in [-0.25, -0.2) is 4.79 Å². The van der Waals surface area contributed by atoms with Crippen LogP contribution in [0.5, 0.6) is 0 Å². The van der Waals surface area contributed by atoms with E-state index in [1.807, 2.05) is 31.7 Å². The van der Waals surface area contributed by atoms with E-state index in [1.54, 1.807) is 0 Å². The molecule has 2 amide bonds. The zero-order valence-electron chi connectivity index (χ0n) is 18.6. The molecule has 0 radical (unpaired) electrons. The Kier molecular flexibility index (Phi) is 5.80. The van der Waals surface area contributed by atoms with Gasteiger partial charge in [-0.2, -0.15) is 0 Å². The Hall–Kier alpha value is -2.08. The quantitative estimate of drug-likeness (QED) is 0.743. The number of anilines is 1. The standard InChI is InChI=1S/C24H35N3O3/c1-23(2,3)30-22(29)27-16-14-26(15-17-27)13-5-4-11-24-12-7-9-18-8-6-10-19(20(18)24)25-21(24)28/h6,8,10H,4-5,7,9,11-17H2,1-3H3,(H,25,28). The van der Waals surface area contributed by atoms with Crippen molar-refractivity contribution in [2.75, 3.05) is 38.0 Å². The van der Waals surface area contributed by atoms with Gasteiger partial charge in [0.15, 0.2) is 0 Å². The lowest BCUT2D eigenvalue weighted by Gasteiger charge is -2.36. The number of nitrogens with one attached hydrogen (secondary N) is 1. The molecule has 2 heterocycles. The summed E-state index contributed by atoms with van der Waals surface area (Å²) >= 11 is 0. The number of benzene rings is 1. The maximum absolute atomic E-state index is 12.9. The maximum Gasteiger partial charge on any atom is 0.410 e. The molecule has 1 fully saturated rings. The molecule has 1 saturated heterocycles. The van der Waals surface area contributed by atoms with Gasteiger partial charge in [-0.05, 0) is 76.6 Å². The summed E-state index contributed by atoms with van der Waals surface area (Å²) in [5, 5.41) is 3.14. The van der Waals surface area contributed by atoms with Crippen LogP contribution in [0.25, 0.3) is 0 Å². The third-order valence-corrected chi connectivity index (χ3v) is 6.71. The molecule has 1 aromatic rings. The number of piperazine rings is 1. The minimum atomic E-state index is -0.447. The zero-order chi connectivity index (χ0) is 21.4. The molecule has 0 aromatic heterocycles. The molecule has 6 heteroatoms. The van der Waals surface area contributed by atoms with E-state index in [1.165, 1.54) is 11.1 Å². The molecule has 6 nitrogen and oxygen atoms in total. The fourth-order valence-electron chi connectivity index (χ4n) is 5.26. The van der Waals surface area contributed by atoms with Crippen molar-refractivity contribution in [2.24, 2.45) is 0 Å². The number of carbonyl (C=O) groups is 2. The number of carbonyl (C=O) groups excluding carboxylic acids is 2. The highest BCUT2D eigenvalue weighted by Crippen LogP contribution is 2.49. The van der Waals surface area contributed by atoms with Crippen molar-refractivity contribution >= 4 is 17.7 Å². The molecular weight excluding hydrogens is 378 g/mol. The highest BCUT2D eigenvalue weighted by atomic mass is 16.6. The smallest absolute Gasteiger partial charge is 0.410 e. The van der Waals surface area contributed by atoms with Gasteiger partial charge >= 0.3 is 6.09 Å². The molecular formula is C24H35N3O3. The molecule has 164 valence electrons. The van der Waals surface area contributed by atoms with Gasteiger partial charge in [0.1, 0.15) is 5.60 Å². The molecule has 3 aliphatic rings. The molecule has 4 rings (SSSR count). The molecule has 0 bridgehead atoms. The average molecular weight is 414 g/mol. The van der Waals surface area contributed by atoms with Crippen molar-refractivity contribution in [1.82, 2.24) is 9.80 Å². The van der Waals surface area contributed by atoms with Crippen LogP contribution in [0.15, 0.2) is 18.2 Å². The Morgan fingerprint density at radius 3 is 2.67 bits per heavy atom. The molecule has 0 saturated carbocycles. The Labute approximate surface area is 179 Å². The molecule has 1 aromatic carbocycles. The van der Waals surface area contributed by atoms with Crippen molar-refractivity contribution in [3.63, 3.8) is 0 Å². The van der Waals surface area contributed by atoms with Gasteiger partial charge < -0.3 is 15.0 Å². The van der Waals surface area contributed by atoms with Gasteiger partial charge in [0.05, 0.1) is 5.41 Å². The van der Waals surface area contributed by atoms with E-state index in [2.05, 4.69) is 22.3 Å². The third kappa shape index (κ3) is 4.20. The lowest BCUT2D eigenvalue weighted by atomic mass is 9.68. The van der Waals surface area contributed by atoms with E-state index in [4.69, 9.17) is 4.74 Å². The van der Waals surface area contributed by atoms with Crippen LogP contribution in [0, 0.1) is 0 Å².